The third-order valence-electron chi connectivity index (χ3n) is 6.95. The van der Waals surface area contributed by atoms with Crippen molar-refractivity contribution < 1.29 is 22.7 Å². The number of carbonyl (C=O) groups is 2. The molecule has 0 unspecified atom stereocenters. The molecular weight excluding hydrogens is 568 g/mol. The topological polar surface area (TPSA) is 92.8 Å². The van der Waals surface area contributed by atoms with Crippen LogP contribution < -0.4 is 4.72 Å². The fraction of sp³-hybridized carbons (Fsp3) is 0.310. The van der Waals surface area contributed by atoms with Gasteiger partial charge in [-0.2, -0.15) is 0 Å². The van der Waals surface area contributed by atoms with Gasteiger partial charge in [0.2, 0.25) is 0 Å². The Labute approximate surface area is 233 Å². The van der Waals surface area contributed by atoms with Gasteiger partial charge in [0.15, 0.2) is 0 Å². The summed E-state index contributed by atoms with van der Waals surface area (Å²) in [6.07, 6.45) is 0.0577. The van der Waals surface area contributed by atoms with E-state index in [-0.39, 0.29) is 23.8 Å². The quantitative estimate of drug-likeness (QED) is 0.304. The number of hydrogen-bond acceptors (Lipinski definition) is 5. The number of benzene rings is 3. The minimum Gasteiger partial charge on any atom is -0.469 e. The summed E-state index contributed by atoms with van der Waals surface area (Å²) >= 11 is 3.44. The van der Waals surface area contributed by atoms with Gasteiger partial charge in [-0.3, -0.25) is 14.3 Å². The third-order valence-corrected chi connectivity index (χ3v) is 9.09. The molecule has 202 valence electrons. The molecule has 1 amide bonds. The van der Waals surface area contributed by atoms with Crippen LogP contribution in [0.3, 0.4) is 0 Å². The average Bonchev–Trinajstić information content (AvgIpc) is 2.88. The van der Waals surface area contributed by atoms with Crippen LogP contribution in [0.25, 0.3) is 0 Å². The number of halogens is 1. The van der Waals surface area contributed by atoms with Gasteiger partial charge < -0.3 is 9.64 Å². The van der Waals surface area contributed by atoms with Crippen LogP contribution in [0.5, 0.6) is 0 Å². The van der Waals surface area contributed by atoms with E-state index in [4.69, 9.17) is 4.74 Å². The Bertz CT molecular complexity index is 1440. The van der Waals surface area contributed by atoms with E-state index in [0.717, 1.165) is 37.9 Å². The molecule has 9 heteroatoms. The second-order valence-corrected chi connectivity index (χ2v) is 11.9. The lowest BCUT2D eigenvalue weighted by molar-refractivity contribution is -0.140. The second-order valence-electron chi connectivity index (χ2n) is 9.32. The molecule has 3 rings (SSSR count). The molecular formula is C29H33BrN2O5S. The average molecular weight is 602 g/mol. The lowest BCUT2D eigenvalue weighted by atomic mass is 9.95. The molecule has 0 atom stereocenters. The summed E-state index contributed by atoms with van der Waals surface area (Å²) < 4.78 is 35.0. The zero-order chi connectivity index (χ0) is 28.2. The zero-order valence-electron chi connectivity index (χ0n) is 22.5. The number of nitrogens with zero attached hydrogens (tertiary/aromatic N) is 1. The number of methoxy groups -OCH3 is 1. The Kier molecular flexibility index (Phi) is 9.38. The summed E-state index contributed by atoms with van der Waals surface area (Å²) in [5, 5.41) is 0. The number of nitrogens with one attached hydrogen (secondary N) is 1. The van der Waals surface area contributed by atoms with Crippen molar-refractivity contribution in [3.05, 3.63) is 91.9 Å². The minimum atomic E-state index is -3.85. The van der Waals surface area contributed by atoms with E-state index in [9.17, 15) is 18.0 Å². The maximum absolute atomic E-state index is 13.4. The van der Waals surface area contributed by atoms with Crippen LogP contribution in [-0.2, 0) is 26.1 Å². The van der Waals surface area contributed by atoms with Gasteiger partial charge in [-0.1, -0.05) is 28.1 Å². The molecule has 0 radical (unpaired) electrons. The maximum atomic E-state index is 13.4. The molecule has 3 aromatic carbocycles. The monoisotopic (exact) mass is 600 g/mol. The third kappa shape index (κ3) is 6.63. The molecule has 3 aromatic rings. The van der Waals surface area contributed by atoms with E-state index >= 15 is 0 Å². The first-order chi connectivity index (χ1) is 17.9. The highest BCUT2D eigenvalue weighted by Gasteiger charge is 2.24. The van der Waals surface area contributed by atoms with Gasteiger partial charge in [0.1, 0.15) is 0 Å². The number of sulfonamides is 1. The van der Waals surface area contributed by atoms with Gasteiger partial charge in [0, 0.05) is 28.8 Å². The minimum absolute atomic E-state index is 0.0577. The van der Waals surface area contributed by atoms with Gasteiger partial charge >= 0.3 is 5.97 Å². The number of carbonyl (C=O) groups excluding carboxylic acids is 2. The molecule has 1 N–H and O–H groups in total. The number of esters is 1. The van der Waals surface area contributed by atoms with Crippen molar-refractivity contribution in [1.82, 2.24) is 4.90 Å². The van der Waals surface area contributed by atoms with E-state index in [1.165, 1.54) is 7.11 Å². The molecule has 38 heavy (non-hydrogen) atoms. The van der Waals surface area contributed by atoms with Crippen molar-refractivity contribution in [1.29, 1.82) is 0 Å². The molecule has 0 aliphatic heterocycles. The lowest BCUT2D eigenvalue weighted by Gasteiger charge is -2.23. The smallest absolute Gasteiger partial charge is 0.307 e. The highest BCUT2D eigenvalue weighted by atomic mass is 79.9. The molecule has 0 aliphatic carbocycles. The fourth-order valence-corrected chi connectivity index (χ4v) is 6.48. The first-order valence-electron chi connectivity index (χ1n) is 12.2. The number of anilines is 1. The molecule has 0 aliphatic rings. The van der Waals surface area contributed by atoms with Gasteiger partial charge in [0.25, 0.3) is 15.9 Å². The van der Waals surface area contributed by atoms with Crippen LogP contribution in [0, 0.1) is 34.6 Å². The van der Waals surface area contributed by atoms with Crippen LogP contribution >= 0.6 is 15.9 Å². The van der Waals surface area contributed by atoms with Gasteiger partial charge in [0.05, 0.1) is 18.4 Å². The molecule has 0 bridgehead atoms. The number of ether oxygens (including phenoxy) is 1. The normalized spacial score (nSPS) is 11.2. The van der Waals surface area contributed by atoms with E-state index in [0.29, 0.717) is 17.8 Å². The number of amides is 1. The van der Waals surface area contributed by atoms with Crippen LogP contribution in [0.15, 0.2) is 57.9 Å². The van der Waals surface area contributed by atoms with Gasteiger partial charge in [-0.15, -0.1) is 0 Å². The highest BCUT2D eigenvalue weighted by molar-refractivity contribution is 9.10. The van der Waals surface area contributed by atoms with Crippen molar-refractivity contribution in [2.75, 3.05) is 18.4 Å². The van der Waals surface area contributed by atoms with Crippen molar-refractivity contribution in [3.63, 3.8) is 0 Å². The van der Waals surface area contributed by atoms with Gasteiger partial charge in [-0.05, 0) is 104 Å². The Hall–Kier alpha value is -3.17. The lowest BCUT2D eigenvalue weighted by Crippen LogP contribution is -2.32. The second kappa shape index (κ2) is 12.1. The summed E-state index contributed by atoms with van der Waals surface area (Å²) in [5.41, 5.74) is 6.06. The van der Waals surface area contributed by atoms with Crippen LogP contribution in [0.4, 0.5) is 5.69 Å². The standard InChI is InChI=1S/C29H33BrN2O5S/c1-18-19(2)21(4)28(22(5)20(18)3)38(35,36)31-26-12-10-24(11-13-26)29(34)32(15-14-27(33)37-6)17-23-8-7-9-25(30)16-23/h7-13,16,31H,14-15,17H2,1-6H3. The van der Waals surface area contributed by atoms with Crippen LogP contribution in [0.1, 0.15) is 50.2 Å². The molecule has 0 saturated carbocycles. The zero-order valence-corrected chi connectivity index (χ0v) is 24.9. The summed E-state index contributed by atoms with van der Waals surface area (Å²) in [7, 11) is -2.54. The summed E-state index contributed by atoms with van der Waals surface area (Å²) in [6.45, 7) is 9.96. The first-order valence-corrected chi connectivity index (χ1v) is 14.4. The Morgan fingerprint density at radius 2 is 1.47 bits per heavy atom. The molecule has 0 saturated heterocycles. The van der Waals surface area contributed by atoms with E-state index in [2.05, 4.69) is 20.7 Å². The van der Waals surface area contributed by atoms with E-state index < -0.39 is 16.0 Å². The SMILES string of the molecule is COC(=O)CCN(Cc1cccc(Br)c1)C(=O)c1ccc(NS(=O)(=O)c2c(C)c(C)c(C)c(C)c2C)cc1. The van der Waals surface area contributed by atoms with Gasteiger partial charge in [-0.25, -0.2) is 8.42 Å². The van der Waals surface area contributed by atoms with Crippen LogP contribution in [0.2, 0.25) is 0 Å². The molecule has 0 spiro atoms. The Morgan fingerprint density at radius 1 is 0.895 bits per heavy atom. The first kappa shape index (κ1) is 29.4. The summed E-state index contributed by atoms with van der Waals surface area (Å²) in [6, 6.07) is 13.9. The van der Waals surface area contributed by atoms with Crippen molar-refractivity contribution in [2.24, 2.45) is 0 Å². The summed E-state index contributed by atoms with van der Waals surface area (Å²) in [5.74, 6) is -0.686. The van der Waals surface area contributed by atoms with E-state index in [1.54, 1.807) is 29.2 Å². The number of rotatable bonds is 9. The van der Waals surface area contributed by atoms with Crippen molar-refractivity contribution in [2.45, 2.75) is 52.5 Å². The maximum Gasteiger partial charge on any atom is 0.307 e. The summed E-state index contributed by atoms with van der Waals surface area (Å²) in [4.78, 5) is 27.0. The highest BCUT2D eigenvalue weighted by Crippen LogP contribution is 2.31. The van der Waals surface area contributed by atoms with Crippen LogP contribution in [-0.4, -0.2) is 38.8 Å². The Balaban J connectivity index is 1.85. The fourth-order valence-electron chi connectivity index (χ4n) is 4.37. The van der Waals surface area contributed by atoms with Crippen molar-refractivity contribution in [3.8, 4) is 0 Å². The molecule has 7 nitrogen and oxygen atoms in total. The van der Waals surface area contributed by atoms with Crippen molar-refractivity contribution >= 4 is 43.5 Å². The molecule has 0 fully saturated rings. The largest absolute Gasteiger partial charge is 0.469 e. The van der Waals surface area contributed by atoms with E-state index in [1.807, 2.05) is 58.9 Å². The molecule has 0 heterocycles. The Morgan fingerprint density at radius 3 is 2.03 bits per heavy atom. The number of hydrogen-bond donors (Lipinski definition) is 1. The predicted octanol–water partition coefficient (Wildman–Crippen LogP) is 6.00. The molecule has 0 aromatic heterocycles. The predicted molar refractivity (Wildman–Crippen MR) is 153 cm³/mol.